The summed E-state index contributed by atoms with van der Waals surface area (Å²) in [6, 6.07) is 5.66. The monoisotopic (exact) mass is 452 g/mol. The lowest BCUT2D eigenvalue weighted by Crippen LogP contribution is -2.36. The number of amides is 1. The Bertz CT molecular complexity index is 1030. The second kappa shape index (κ2) is 11.1. The first-order valence-electron chi connectivity index (χ1n) is 11.4. The first-order valence-corrected chi connectivity index (χ1v) is 11.4. The fourth-order valence-electron chi connectivity index (χ4n) is 3.72. The van der Waals surface area contributed by atoms with Gasteiger partial charge in [-0.15, -0.1) is 0 Å². The van der Waals surface area contributed by atoms with Crippen LogP contribution in [0.3, 0.4) is 0 Å². The molecule has 0 atom stereocenters. The van der Waals surface area contributed by atoms with Gasteiger partial charge in [0.05, 0.1) is 25.1 Å². The summed E-state index contributed by atoms with van der Waals surface area (Å²) >= 11 is 0. The molecular formula is C23H32N8O2. The van der Waals surface area contributed by atoms with Gasteiger partial charge in [-0.05, 0) is 44.1 Å². The lowest BCUT2D eigenvalue weighted by molar-refractivity contribution is 0.0823. The minimum atomic E-state index is -0.108. The van der Waals surface area contributed by atoms with Gasteiger partial charge in [0.2, 0.25) is 5.95 Å². The molecule has 5 rings (SSSR count). The summed E-state index contributed by atoms with van der Waals surface area (Å²) in [5.74, 6) is 0.963. The molecule has 33 heavy (non-hydrogen) atoms. The molecular weight excluding hydrogens is 420 g/mol. The summed E-state index contributed by atoms with van der Waals surface area (Å²) in [7, 11) is 3.41. The van der Waals surface area contributed by atoms with Crippen LogP contribution in [-0.4, -0.2) is 84.2 Å². The highest BCUT2D eigenvalue weighted by Crippen LogP contribution is 2.20. The molecule has 2 aliphatic rings. The molecule has 10 nitrogen and oxygen atoms in total. The topological polar surface area (TPSA) is 111 Å². The van der Waals surface area contributed by atoms with Crippen LogP contribution in [0.4, 0.5) is 17.5 Å². The molecule has 0 radical (unpaired) electrons. The van der Waals surface area contributed by atoms with Crippen molar-refractivity contribution in [2.45, 2.75) is 19.3 Å². The Hall–Kier alpha value is -3.24. The zero-order valence-corrected chi connectivity index (χ0v) is 19.3. The first-order chi connectivity index (χ1) is 16.1. The predicted octanol–water partition coefficient (Wildman–Crippen LogP) is 2.39. The highest BCUT2D eigenvalue weighted by molar-refractivity contribution is 5.97. The third-order valence-corrected chi connectivity index (χ3v) is 5.58. The average molecular weight is 453 g/mol. The van der Waals surface area contributed by atoms with Crippen molar-refractivity contribution >= 4 is 34.4 Å². The maximum absolute atomic E-state index is 12.1. The molecule has 2 fully saturated rings. The van der Waals surface area contributed by atoms with Crippen molar-refractivity contribution in [1.29, 1.82) is 0 Å². The van der Waals surface area contributed by atoms with Gasteiger partial charge in [-0.1, -0.05) is 6.42 Å². The van der Waals surface area contributed by atoms with Crippen molar-refractivity contribution in [2.24, 2.45) is 0 Å². The summed E-state index contributed by atoms with van der Waals surface area (Å²) in [6.45, 7) is 5.72. The van der Waals surface area contributed by atoms with E-state index in [2.05, 4.69) is 35.5 Å². The number of H-pyrrole nitrogens is 1. The van der Waals surface area contributed by atoms with E-state index < -0.39 is 0 Å². The summed E-state index contributed by atoms with van der Waals surface area (Å²) < 4.78 is 5.37. The van der Waals surface area contributed by atoms with Gasteiger partial charge < -0.3 is 30.2 Å². The molecule has 3 N–H and O–H groups in total. The number of carbonyl (C=O) groups is 1. The number of piperidine rings is 1. The molecule has 0 spiro atoms. The molecule has 2 saturated heterocycles. The lowest BCUT2D eigenvalue weighted by Gasteiger charge is -2.28. The van der Waals surface area contributed by atoms with E-state index in [0.717, 1.165) is 37.4 Å². The first kappa shape index (κ1) is 22.9. The molecule has 3 aromatic heterocycles. The van der Waals surface area contributed by atoms with Crippen LogP contribution in [0.5, 0.6) is 0 Å². The molecule has 0 aliphatic carbocycles. The van der Waals surface area contributed by atoms with Crippen LogP contribution in [0.1, 0.15) is 29.8 Å². The quantitative estimate of drug-likeness (QED) is 0.553. The minimum absolute atomic E-state index is 0.108. The molecule has 176 valence electrons. The third kappa shape index (κ3) is 6.17. The molecule has 2 aliphatic heterocycles. The van der Waals surface area contributed by atoms with E-state index in [1.165, 1.54) is 37.3 Å². The summed E-state index contributed by atoms with van der Waals surface area (Å²) in [4.78, 5) is 32.0. The maximum atomic E-state index is 12.1. The molecule has 1 amide bonds. The Morgan fingerprint density at radius 2 is 1.88 bits per heavy atom. The molecule has 0 bridgehead atoms. The number of anilines is 3. The Morgan fingerprint density at radius 1 is 1.09 bits per heavy atom. The number of fused-ring (bicyclic) bond motifs is 1. The Labute approximate surface area is 193 Å². The van der Waals surface area contributed by atoms with Crippen molar-refractivity contribution in [2.75, 3.05) is 63.7 Å². The summed E-state index contributed by atoms with van der Waals surface area (Å²) in [6.07, 6.45) is 7.72. The molecule has 5 heterocycles. The number of nitrogens with zero attached hydrogens (tertiary/aromatic N) is 5. The fraction of sp³-hybridized carbons (Fsp3) is 0.478. The molecule has 0 unspecified atom stereocenters. The number of aromatic amines is 1. The number of morpholine rings is 1. The van der Waals surface area contributed by atoms with Crippen LogP contribution in [-0.2, 0) is 4.74 Å². The number of aromatic nitrogens is 4. The number of ether oxygens (including phenoxy) is 1. The van der Waals surface area contributed by atoms with Crippen LogP contribution in [0.25, 0.3) is 11.0 Å². The molecule has 10 heteroatoms. The highest BCUT2D eigenvalue weighted by Gasteiger charge is 2.14. The van der Waals surface area contributed by atoms with Crippen molar-refractivity contribution < 1.29 is 9.53 Å². The van der Waals surface area contributed by atoms with Gasteiger partial charge in [0, 0.05) is 38.8 Å². The van der Waals surface area contributed by atoms with Crippen LogP contribution in [0.15, 0.2) is 30.6 Å². The van der Waals surface area contributed by atoms with E-state index in [9.17, 15) is 4.79 Å². The van der Waals surface area contributed by atoms with Gasteiger partial charge in [0.1, 0.15) is 17.2 Å². The highest BCUT2D eigenvalue weighted by atomic mass is 16.5. The van der Waals surface area contributed by atoms with E-state index in [1.54, 1.807) is 26.4 Å². The molecule has 3 aromatic rings. The van der Waals surface area contributed by atoms with Crippen molar-refractivity contribution in [1.82, 2.24) is 30.2 Å². The van der Waals surface area contributed by atoms with Gasteiger partial charge >= 0.3 is 0 Å². The number of carbonyl (C=O) groups excluding carboxylic acids is 1. The number of hydrogen-bond acceptors (Lipinski definition) is 8. The van der Waals surface area contributed by atoms with Gasteiger partial charge in [0.15, 0.2) is 0 Å². The van der Waals surface area contributed by atoms with Crippen LogP contribution < -0.4 is 15.5 Å². The summed E-state index contributed by atoms with van der Waals surface area (Å²) in [5, 5.41) is 7.16. The Kier molecular flexibility index (Phi) is 7.69. The van der Waals surface area contributed by atoms with Crippen molar-refractivity contribution in [3.8, 4) is 0 Å². The predicted molar refractivity (Wildman–Crippen MR) is 129 cm³/mol. The van der Waals surface area contributed by atoms with Crippen LogP contribution in [0.2, 0.25) is 0 Å². The van der Waals surface area contributed by atoms with Gasteiger partial charge in [-0.3, -0.25) is 4.79 Å². The van der Waals surface area contributed by atoms with E-state index >= 15 is 0 Å². The van der Waals surface area contributed by atoms with Crippen molar-refractivity contribution in [3.05, 3.63) is 36.3 Å². The van der Waals surface area contributed by atoms with E-state index in [-0.39, 0.29) is 5.91 Å². The second-order valence-electron chi connectivity index (χ2n) is 8.32. The third-order valence-electron chi connectivity index (χ3n) is 5.58. The van der Waals surface area contributed by atoms with Crippen LogP contribution in [0, 0.1) is 0 Å². The number of pyridine rings is 1. The molecule has 0 saturated carbocycles. The van der Waals surface area contributed by atoms with Gasteiger partial charge in [-0.25, -0.2) is 9.97 Å². The minimum Gasteiger partial charge on any atom is -0.378 e. The maximum Gasteiger partial charge on any atom is 0.269 e. The zero-order chi connectivity index (χ0) is 23.0. The average Bonchev–Trinajstić information content (AvgIpc) is 3.29. The number of nitrogens with one attached hydrogen (secondary N) is 3. The van der Waals surface area contributed by atoms with Crippen molar-refractivity contribution in [3.63, 3.8) is 0 Å². The zero-order valence-electron chi connectivity index (χ0n) is 19.3. The summed E-state index contributed by atoms with van der Waals surface area (Å²) in [5.41, 5.74) is 2.15. The normalized spacial score (nSPS) is 16.1. The SMILES string of the molecule is C1CCNCC1.CN(C)C(=O)c1cc2cnc(Nc3ccc(N4CCOCC4)cn3)nc2[nH]1. The van der Waals surface area contributed by atoms with Crippen LogP contribution >= 0.6 is 0 Å². The largest absolute Gasteiger partial charge is 0.378 e. The van der Waals surface area contributed by atoms with E-state index in [0.29, 0.717) is 23.1 Å². The fourth-order valence-corrected chi connectivity index (χ4v) is 3.72. The van der Waals surface area contributed by atoms with Gasteiger partial charge in [0.25, 0.3) is 5.91 Å². The van der Waals surface area contributed by atoms with E-state index in [1.807, 2.05) is 18.3 Å². The Morgan fingerprint density at radius 3 is 2.48 bits per heavy atom. The van der Waals surface area contributed by atoms with Gasteiger partial charge in [-0.2, -0.15) is 4.98 Å². The smallest absolute Gasteiger partial charge is 0.269 e. The molecule has 0 aromatic carbocycles. The lowest BCUT2D eigenvalue weighted by atomic mass is 10.2. The number of rotatable bonds is 4. The second-order valence-corrected chi connectivity index (χ2v) is 8.32. The Balaban J connectivity index is 0.000000376. The standard InChI is InChI=1S/C18H21N7O2.C5H11N/c1-24(2)17(26)14-9-12-10-20-18(23-16(12)21-14)22-15-4-3-13(11-19-15)25-5-7-27-8-6-25;1-2-4-6-5-3-1/h3-4,9-11H,5-8H2,1-2H3,(H2,19,20,21,22,23);6H,1-5H2. The van der Waals surface area contributed by atoms with E-state index in [4.69, 9.17) is 4.74 Å². The number of hydrogen-bond donors (Lipinski definition) is 3.